The van der Waals surface area contributed by atoms with Gasteiger partial charge in [0.25, 0.3) is 0 Å². The monoisotopic (exact) mass is 381 g/mol. The maximum Gasteiger partial charge on any atom is 0.344 e. The minimum Gasteiger partial charge on any atom is -0.479 e. The molecule has 4 aliphatic rings. The molecule has 0 radical (unpaired) electrons. The fraction of sp³-hybridized carbons (Fsp3) is 0.565. The fourth-order valence-corrected chi connectivity index (χ4v) is 6.00. The van der Waals surface area contributed by atoms with Gasteiger partial charge in [-0.3, -0.25) is 0 Å². The van der Waals surface area contributed by atoms with Gasteiger partial charge < -0.3 is 15.1 Å². The van der Waals surface area contributed by atoms with E-state index in [9.17, 15) is 9.90 Å². The lowest BCUT2D eigenvalue weighted by Gasteiger charge is -2.48. The van der Waals surface area contributed by atoms with Crippen LogP contribution >= 0.6 is 0 Å². The van der Waals surface area contributed by atoms with E-state index in [1.54, 1.807) is 0 Å². The molecule has 4 rings (SSSR count). The summed E-state index contributed by atoms with van der Waals surface area (Å²) >= 11 is 0. The van der Waals surface area contributed by atoms with Crippen LogP contribution in [0.4, 0.5) is 0 Å². The predicted molar refractivity (Wildman–Crippen MR) is 106 cm³/mol. The Labute approximate surface area is 165 Å². The van der Waals surface area contributed by atoms with E-state index in [1.165, 1.54) is 16.7 Å². The summed E-state index contributed by atoms with van der Waals surface area (Å²) in [5.41, 5.74) is 3.54. The van der Waals surface area contributed by atoms with Gasteiger partial charge in [0.15, 0.2) is 0 Å². The molecule has 0 bridgehead atoms. The molecule has 0 heterocycles. The Morgan fingerprint density at radius 2 is 2.21 bits per heavy atom. The van der Waals surface area contributed by atoms with Gasteiger partial charge in [0.05, 0.1) is 5.71 Å². The van der Waals surface area contributed by atoms with Crippen LogP contribution in [0, 0.1) is 29.6 Å². The highest BCUT2D eigenvalue weighted by Gasteiger charge is 2.60. The Bertz CT molecular complexity index is 858. The van der Waals surface area contributed by atoms with Crippen LogP contribution in [0.3, 0.4) is 0 Å². The zero-order valence-electron chi connectivity index (χ0n) is 16.3. The Morgan fingerprint density at radius 3 is 2.93 bits per heavy atom. The Kier molecular flexibility index (Phi) is 4.71. The molecule has 0 spiro atoms. The van der Waals surface area contributed by atoms with Crippen LogP contribution in [0.25, 0.3) is 0 Å². The van der Waals surface area contributed by atoms with Gasteiger partial charge in [0, 0.05) is 5.41 Å². The third-order valence-corrected chi connectivity index (χ3v) is 7.32. The molecule has 4 aliphatic carbocycles. The van der Waals surface area contributed by atoms with Crippen molar-refractivity contribution in [1.29, 1.82) is 0 Å². The van der Waals surface area contributed by atoms with E-state index in [-0.39, 0.29) is 5.41 Å². The number of aliphatic hydroxyl groups is 1. The fourth-order valence-electron chi connectivity index (χ4n) is 6.00. The van der Waals surface area contributed by atoms with E-state index < -0.39 is 18.2 Å². The molecule has 1 fully saturated rings. The molecule has 0 saturated heterocycles. The van der Waals surface area contributed by atoms with E-state index >= 15 is 0 Å². The van der Waals surface area contributed by atoms with Crippen LogP contribution < -0.4 is 0 Å². The summed E-state index contributed by atoms with van der Waals surface area (Å²) in [6.45, 7) is 1.72. The summed E-state index contributed by atoms with van der Waals surface area (Å²) in [5, 5.41) is 23.8. The number of hydrogen-bond acceptors (Lipinski definition) is 4. The zero-order valence-corrected chi connectivity index (χ0v) is 16.3. The molecule has 28 heavy (non-hydrogen) atoms. The largest absolute Gasteiger partial charge is 0.479 e. The van der Waals surface area contributed by atoms with Gasteiger partial charge in [0.1, 0.15) is 5.60 Å². The highest BCUT2D eigenvalue weighted by molar-refractivity contribution is 5.97. The lowest BCUT2D eigenvalue weighted by Crippen LogP contribution is -2.48. The van der Waals surface area contributed by atoms with Crippen molar-refractivity contribution in [2.45, 2.75) is 57.5 Å². The van der Waals surface area contributed by atoms with Crippen molar-refractivity contribution in [1.82, 2.24) is 0 Å². The van der Waals surface area contributed by atoms with Crippen molar-refractivity contribution in [3.63, 3.8) is 0 Å². The van der Waals surface area contributed by atoms with E-state index in [1.807, 2.05) is 0 Å². The molecular formula is C23H27NO4. The number of carbonyl (C=O) groups is 1. The second kappa shape index (κ2) is 6.93. The summed E-state index contributed by atoms with van der Waals surface area (Å²) in [6, 6.07) is 0. The van der Waals surface area contributed by atoms with Gasteiger partial charge >= 0.3 is 5.97 Å². The van der Waals surface area contributed by atoms with E-state index in [0.717, 1.165) is 44.2 Å². The number of hydrogen-bond donors (Lipinski definition) is 2. The number of carboxylic acid groups (broad SMARTS) is 1. The maximum absolute atomic E-state index is 11.1. The van der Waals surface area contributed by atoms with Crippen LogP contribution in [0.5, 0.6) is 0 Å². The molecule has 0 aliphatic heterocycles. The number of terminal acetylenes is 1. The standard InChI is InChI=1S/C23H27NO4/c1-3-22-11-9-18-17-8-6-16(24-28-14-21(25)26)13-15(17)5-7-19(18)20(22)10-12-23(22,27)4-2/h2,9,11,13,19-20,27H,3,5-8,10,12,14H2,1H3,(H,25,26)/b24-16+/t19-,20+,22+,23+/m1/s1. The SMILES string of the molecule is C#C[C@]1(O)CC[C@H]2[C@@H]3CCC4=C/C(=N/OCC(=O)O)CCC4=C3C=C[C@@]21CC. The lowest BCUT2D eigenvalue weighted by atomic mass is 9.56. The Hall–Kier alpha value is -2.32. The first-order chi connectivity index (χ1) is 13.4. The summed E-state index contributed by atoms with van der Waals surface area (Å²) in [6.07, 6.45) is 18.4. The summed E-state index contributed by atoms with van der Waals surface area (Å²) in [7, 11) is 0. The number of fused-ring (bicyclic) bond motifs is 4. The topological polar surface area (TPSA) is 79.1 Å². The third kappa shape index (κ3) is 2.74. The minimum atomic E-state index is -1.04. The molecule has 148 valence electrons. The molecule has 5 nitrogen and oxygen atoms in total. The summed E-state index contributed by atoms with van der Waals surface area (Å²) < 4.78 is 0. The van der Waals surface area contributed by atoms with Crippen LogP contribution in [-0.2, 0) is 9.63 Å². The lowest BCUT2D eigenvalue weighted by molar-refractivity contribution is -0.142. The smallest absolute Gasteiger partial charge is 0.344 e. The molecule has 2 N–H and O–H groups in total. The number of nitrogens with zero attached hydrogens (tertiary/aromatic N) is 1. The predicted octanol–water partition coefficient (Wildman–Crippen LogP) is 3.61. The van der Waals surface area contributed by atoms with Crippen LogP contribution in [-0.4, -0.2) is 34.1 Å². The van der Waals surface area contributed by atoms with Crippen molar-refractivity contribution >= 4 is 11.7 Å². The highest BCUT2D eigenvalue weighted by Crippen LogP contribution is 2.62. The van der Waals surface area contributed by atoms with Gasteiger partial charge in [0.2, 0.25) is 6.61 Å². The normalized spacial score (nSPS) is 37.6. The molecular weight excluding hydrogens is 354 g/mol. The van der Waals surface area contributed by atoms with Gasteiger partial charge in [-0.2, -0.15) is 0 Å². The number of carboxylic acids is 1. The van der Waals surface area contributed by atoms with Crippen molar-refractivity contribution in [3.05, 3.63) is 34.9 Å². The molecule has 0 unspecified atom stereocenters. The third-order valence-electron chi connectivity index (χ3n) is 7.32. The van der Waals surface area contributed by atoms with Crippen molar-refractivity contribution < 1.29 is 19.8 Å². The minimum absolute atomic E-state index is 0.316. The van der Waals surface area contributed by atoms with E-state index in [2.05, 4.69) is 36.2 Å². The van der Waals surface area contributed by atoms with Gasteiger partial charge in [-0.25, -0.2) is 4.79 Å². The van der Waals surface area contributed by atoms with Gasteiger partial charge in [-0.05, 0) is 79.6 Å². The average Bonchev–Trinajstić information content (AvgIpc) is 3.01. The average molecular weight is 381 g/mol. The first-order valence-electron chi connectivity index (χ1n) is 10.2. The van der Waals surface area contributed by atoms with Crippen LogP contribution in [0.1, 0.15) is 51.9 Å². The Morgan fingerprint density at radius 1 is 1.39 bits per heavy atom. The molecule has 0 aromatic heterocycles. The Balaban J connectivity index is 1.67. The molecule has 1 saturated carbocycles. The number of aliphatic carboxylic acids is 1. The summed E-state index contributed by atoms with van der Waals surface area (Å²) in [5.74, 6) is 2.54. The molecule has 5 heteroatoms. The van der Waals surface area contributed by atoms with E-state index in [0.29, 0.717) is 18.3 Å². The van der Waals surface area contributed by atoms with Crippen LogP contribution in [0.15, 0.2) is 40.1 Å². The second-order valence-electron chi connectivity index (χ2n) is 8.38. The molecule has 0 aromatic rings. The van der Waals surface area contributed by atoms with Gasteiger partial charge in [-0.1, -0.05) is 30.2 Å². The number of oxime groups is 1. The van der Waals surface area contributed by atoms with Crippen LogP contribution in [0.2, 0.25) is 0 Å². The van der Waals surface area contributed by atoms with Crippen molar-refractivity contribution in [3.8, 4) is 12.3 Å². The maximum atomic E-state index is 11.1. The number of rotatable bonds is 4. The highest BCUT2D eigenvalue weighted by atomic mass is 16.6. The zero-order chi connectivity index (χ0) is 19.9. The van der Waals surface area contributed by atoms with Gasteiger partial charge in [-0.15, -0.1) is 6.42 Å². The molecule has 0 aromatic carbocycles. The first kappa shape index (κ1) is 19.0. The number of allylic oxidation sites excluding steroid dienone is 5. The quantitative estimate of drug-likeness (QED) is 0.576. The van der Waals surface area contributed by atoms with Crippen molar-refractivity contribution in [2.24, 2.45) is 22.4 Å². The van der Waals surface area contributed by atoms with E-state index in [4.69, 9.17) is 16.4 Å². The molecule has 4 atom stereocenters. The molecule has 0 amide bonds. The first-order valence-corrected chi connectivity index (χ1v) is 10.2. The summed E-state index contributed by atoms with van der Waals surface area (Å²) in [4.78, 5) is 15.5. The van der Waals surface area contributed by atoms with Crippen molar-refractivity contribution in [2.75, 3.05) is 6.61 Å². The second-order valence-corrected chi connectivity index (χ2v) is 8.38.